The Morgan fingerprint density at radius 1 is 1.22 bits per heavy atom. The Labute approximate surface area is 107 Å². The van der Waals surface area contributed by atoms with Crippen molar-refractivity contribution in [1.29, 1.82) is 0 Å². The van der Waals surface area contributed by atoms with Gasteiger partial charge in [0, 0.05) is 16.8 Å². The van der Waals surface area contributed by atoms with Gasteiger partial charge in [-0.15, -0.1) is 0 Å². The van der Waals surface area contributed by atoms with E-state index in [-0.39, 0.29) is 0 Å². The van der Waals surface area contributed by atoms with Gasteiger partial charge in [0.2, 0.25) is 0 Å². The normalized spacial score (nSPS) is 9.83. The first-order valence-corrected chi connectivity index (χ1v) is 5.25. The molecule has 0 bridgehead atoms. The predicted molar refractivity (Wildman–Crippen MR) is 65.2 cm³/mol. The van der Waals surface area contributed by atoms with E-state index in [1.54, 1.807) is 6.07 Å². The molecular weight excluding hydrogens is 258 g/mol. The molecule has 2 aromatic rings. The summed E-state index contributed by atoms with van der Waals surface area (Å²) in [7, 11) is 0. The summed E-state index contributed by atoms with van der Waals surface area (Å²) in [5, 5.41) is 11.2. The van der Waals surface area contributed by atoms with Crippen LogP contribution in [0.3, 0.4) is 0 Å². The second-order valence-corrected chi connectivity index (χ2v) is 3.72. The highest BCUT2D eigenvalue weighted by Crippen LogP contribution is 2.27. The average molecular weight is 266 g/mol. The number of nitrogens with one attached hydrogen (secondary N) is 1. The van der Waals surface area contributed by atoms with E-state index in [0.29, 0.717) is 22.2 Å². The molecule has 0 spiro atoms. The largest absolute Gasteiger partial charge is 0.465 e. The van der Waals surface area contributed by atoms with E-state index in [9.17, 15) is 4.79 Å². The smallest absolute Gasteiger partial charge is 0.409 e. The second kappa shape index (κ2) is 5.33. The number of anilines is 1. The lowest BCUT2D eigenvalue weighted by molar-refractivity contribution is 0.210. The first kappa shape index (κ1) is 12.1. The van der Waals surface area contributed by atoms with Crippen molar-refractivity contribution in [3.05, 3.63) is 41.9 Å². The van der Waals surface area contributed by atoms with Crippen LogP contribution in [-0.4, -0.2) is 21.2 Å². The number of ether oxygens (including phenoxy) is 1. The molecule has 0 aliphatic rings. The number of benzene rings is 1. The first-order valence-electron chi connectivity index (χ1n) is 4.87. The van der Waals surface area contributed by atoms with Gasteiger partial charge in [-0.1, -0.05) is 11.6 Å². The van der Waals surface area contributed by atoms with Crippen molar-refractivity contribution in [2.75, 3.05) is 5.32 Å². The zero-order valence-electron chi connectivity index (χ0n) is 9.00. The van der Waals surface area contributed by atoms with Crippen LogP contribution in [0.15, 0.2) is 36.9 Å². The summed E-state index contributed by atoms with van der Waals surface area (Å²) in [5.41, 5.74) is 0.321. The maximum absolute atomic E-state index is 10.5. The quantitative estimate of drug-likeness (QED) is 0.891. The number of rotatable bonds is 3. The lowest BCUT2D eigenvalue weighted by Crippen LogP contribution is -2.07. The Hall–Kier alpha value is -2.34. The van der Waals surface area contributed by atoms with Crippen LogP contribution in [0, 0.1) is 0 Å². The summed E-state index contributed by atoms with van der Waals surface area (Å²) in [6.07, 6.45) is 3.17. The Morgan fingerprint density at radius 3 is 2.61 bits per heavy atom. The van der Waals surface area contributed by atoms with Crippen molar-refractivity contribution < 1.29 is 14.6 Å². The number of nitrogens with zero attached hydrogens (tertiary/aromatic N) is 2. The van der Waals surface area contributed by atoms with Crippen LogP contribution in [-0.2, 0) is 0 Å². The fraction of sp³-hybridized carbons (Fsp3) is 0. The number of carboxylic acid groups (broad SMARTS) is 1. The zero-order valence-corrected chi connectivity index (χ0v) is 9.76. The third kappa shape index (κ3) is 3.33. The van der Waals surface area contributed by atoms with Gasteiger partial charge in [-0.3, -0.25) is 5.32 Å². The van der Waals surface area contributed by atoms with Crippen LogP contribution in [0.4, 0.5) is 10.5 Å². The fourth-order valence-corrected chi connectivity index (χ4v) is 1.52. The van der Waals surface area contributed by atoms with Gasteiger partial charge in [-0.25, -0.2) is 14.8 Å². The van der Waals surface area contributed by atoms with Crippen molar-refractivity contribution in [1.82, 2.24) is 9.97 Å². The maximum atomic E-state index is 10.5. The van der Waals surface area contributed by atoms with Crippen molar-refractivity contribution in [3.8, 4) is 11.5 Å². The summed E-state index contributed by atoms with van der Waals surface area (Å²) in [6.45, 7) is 0. The Balaban J connectivity index is 2.23. The molecule has 1 aromatic heterocycles. The topological polar surface area (TPSA) is 84.3 Å². The molecule has 1 heterocycles. The predicted octanol–water partition coefficient (Wildman–Crippen LogP) is 3.01. The molecule has 0 radical (unpaired) electrons. The third-order valence-electron chi connectivity index (χ3n) is 1.90. The lowest BCUT2D eigenvalue weighted by Gasteiger charge is -2.07. The molecule has 0 aliphatic heterocycles. The number of aromatic nitrogens is 2. The zero-order chi connectivity index (χ0) is 13.0. The van der Waals surface area contributed by atoms with Crippen LogP contribution in [0.25, 0.3) is 0 Å². The summed E-state index contributed by atoms with van der Waals surface area (Å²) in [6, 6.07) is 4.54. The average Bonchev–Trinajstić information content (AvgIpc) is 2.28. The van der Waals surface area contributed by atoms with Gasteiger partial charge in [0.25, 0.3) is 0 Å². The Kier molecular flexibility index (Phi) is 3.59. The van der Waals surface area contributed by atoms with Gasteiger partial charge in [0.15, 0.2) is 5.75 Å². The van der Waals surface area contributed by atoms with E-state index in [4.69, 9.17) is 21.4 Å². The van der Waals surface area contributed by atoms with Gasteiger partial charge >= 0.3 is 6.09 Å². The molecule has 1 aromatic carbocycles. The van der Waals surface area contributed by atoms with Crippen LogP contribution in [0.2, 0.25) is 5.02 Å². The van der Waals surface area contributed by atoms with Gasteiger partial charge in [-0.2, -0.15) is 0 Å². The molecule has 6 nitrogen and oxygen atoms in total. The van der Waals surface area contributed by atoms with Crippen molar-refractivity contribution in [2.24, 2.45) is 0 Å². The molecule has 0 saturated heterocycles. The van der Waals surface area contributed by atoms with Crippen LogP contribution in [0.1, 0.15) is 0 Å². The maximum Gasteiger partial charge on any atom is 0.409 e. The Bertz CT molecular complexity index is 563. The van der Waals surface area contributed by atoms with Gasteiger partial charge in [-0.05, 0) is 12.1 Å². The number of hydrogen-bond acceptors (Lipinski definition) is 4. The van der Waals surface area contributed by atoms with E-state index in [1.807, 2.05) is 0 Å². The second-order valence-electron chi connectivity index (χ2n) is 3.28. The summed E-state index contributed by atoms with van der Waals surface area (Å²) >= 11 is 5.86. The molecule has 0 aliphatic carbocycles. The molecule has 1 amide bonds. The minimum absolute atomic E-state index is 0.321. The van der Waals surface area contributed by atoms with Gasteiger partial charge < -0.3 is 9.84 Å². The minimum atomic E-state index is -1.17. The molecule has 18 heavy (non-hydrogen) atoms. The first-order chi connectivity index (χ1) is 8.63. The van der Waals surface area contributed by atoms with Gasteiger partial charge in [0.1, 0.15) is 12.1 Å². The number of amides is 1. The SMILES string of the molecule is O=C(O)Nc1cc(Cl)cc(Oc2cncnc2)c1. The lowest BCUT2D eigenvalue weighted by atomic mass is 10.3. The summed E-state index contributed by atoms with van der Waals surface area (Å²) < 4.78 is 5.44. The third-order valence-corrected chi connectivity index (χ3v) is 2.11. The van der Waals surface area contributed by atoms with Crippen molar-refractivity contribution in [3.63, 3.8) is 0 Å². The number of hydrogen-bond donors (Lipinski definition) is 2. The molecular formula is C11H8ClN3O3. The van der Waals surface area contributed by atoms with Gasteiger partial charge in [0.05, 0.1) is 12.4 Å². The van der Waals surface area contributed by atoms with E-state index in [0.717, 1.165) is 0 Å². The van der Waals surface area contributed by atoms with Crippen LogP contribution < -0.4 is 10.1 Å². The van der Waals surface area contributed by atoms with E-state index >= 15 is 0 Å². The highest BCUT2D eigenvalue weighted by atomic mass is 35.5. The van der Waals surface area contributed by atoms with Crippen LogP contribution >= 0.6 is 11.6 Å². The molecule has 2 N–H and O–H groups in total. The van der Waals surface area contributed by atoms with E-state index < -0.39 is 6.09 Å². The molecule has 7 heteroatoms. The molecule has 0 fully saturated rings. The van der Waals surface area contributed by atoms with E-state index in [1.165, 1.54) is 30.9 Å². The van der Waals surface area contributed by atoms with Crippen molar-refractivity contribution >= 4 is 23.4 Å². The fourth-order valence-electron chi connectivity index (χ4n) is 1.29. The number of halogens is 1. The molecule has 0 saturated carbocycles. The van der Waals surface area contributed by atoms with Crippen molar-refractivity contribution in [2.45, 2.75) is 0 Å². The molecule has 0 atom stereocenters. The number of carbonyl (C=O) groups is 1. The monoisotopic (exact) mass is 265 g/mol. The standard InChI is InChI=1S/C11H8ClN3O3/c12-7-1-8(15-11(16)17)3-9(2-7)18-10-4-13-6-14-5-10/h1-6,15H,(H,16,17). The summed E-state index contributed by atoms with van der Waals surface area (Å²) in [5.74, 6) is 0.821. The highest BCUT2D eigenvalue weighted by Gasteiger charge is 2.04. The van der Waals surface area contributed by atoms with Crippen LogP contribution in [0.5, 0.6) is 11.5 Å². The summed E-state index contributed by atoms with van der Waals surface area (Å²) in [4.78, 5) is 18.1. The Morgan fingerprint density at radius 2 is 1.94 bits per heavy atom. The van der Waals surface area contributed by atoms with E-state index in [2.05, 4.69) is 15.3 Å². The highest BCUT2D eigenvalue weighted by molar-refractivity contribution is 6.31. The molecule has 2 rings (SSSR count). The molecule has 0 unspecified atom stereocenters. The molecule has 92 valence electrons. The minimum Gasteiger partial charge on any atom is -0.465 e.